The topological polar surface area (TPSA) is 110 Å². The predicted molar refractivity (Wildman–Crippen MR) is 90.9 cm³/mol. The van der Waals surface area contributed by atoms with E-state index in [4.69, 9.17) is 4.74 Å². The standard InChI is InChI=1S/C14H16N4O4S2/c1-8-3-5-10-9(7-8)4-6-11(22-10)12(19)15-13-16-17-14(23-13)18-24(2,20)21/h3,5,7,11H,4,6H2,1-2H3,(H,17,18)(H,15,16,19). The van der Waals surface area contributed by atoms with Crippen molar-refractivity contribution in [3.63, 3.8) is 0 Å². The summed E-state index contributed by atoms with van der Waals surface area (Å²) in [5.41, 5.74) is 2.25. The van der Waals surface area contributed by atoms with Crippen LogP contribution in [0.2, 0.25) is 0 Å². The van der Waals surface area contributed by atoms with Crippen LogP contribution in [0.1, 0.15) is 17.5 Å². The molecular weight excluding hydrogens is 352 g/mol. The number of nitrogens with zero attached hydrogens (tertiary/aromatic N) is 2. The molecule has 1 aliphatic heterocycles. The quantitative estimate of drug-likeness (QED) is 0.847. The molecule has 2 N–H and O–H groups in total. The molecule has 1 amide bonds. The van der Waals surface area contributed by atoms with Crippen molar-refractivity contribution in [2.75, 3.05) is 16.3 Å². The Balaban J connectivity index is 1.65. The van der Waals surface area contributed by atoms with Crippen LogP contribution in [0.15, 0.2) is 18.2 Å². The first kappa shape index (κ1) is 16.7. The van der Waals surface area contributed by atoms with Crippen LogP contribution in [-0.2, 0) is 21.2 Å². The highest BCUT2D eigenvalue weighted by Gasteiger charge is 2.27. The molecule has 1 aromatic carbocycles. The van der Waals surface area contributed by atoms with Crippen molar-refractivity contribution < 1.29 is 17.9 Å². The zero-order valence-electron chi connectivity index (χ0n) is 13.1. The highest BCUT2D eigenvalue weighted by molar-refractivity contribution is 7.92. The van der Waals surface area contributed by atoms with E-state index in [1.165, 1.54) is 0 Å². The minimum absolute atomic E-state index is 0.0955. The Hall–Kier alpha value is -2.20. The Morgan fingerprint density at radius 3 is 2.83 bits per heavy atom. The van der Waals surface area contributed by atoms with Gasteiger partial charge < -0.3 is 4.74 Å². The molecule has 2 aromatic rings. The maximum absolute atomic E-state index is 12.3. The highest BCUT2D eigenvalue weighted by Crippen LogP contribution is 2.29. The van der Waals surface area contributed by atoms with Crippen molar-refractivity contribution in [2.45, 2.75) is 25.9 Å². The number of nitrogens with one attached hydrogen (secondary N) is 2. The molecule has 0 fully saturated rings. The molecule has 8 nitrogen and oxygen atoms in total. The smallest absolute Gasteiger partial charge is 0.267 e. The van der Waals surface area contributed by atoms with Gasteiger partial charge in [-0.05, 0) is 31.4 Å². The fraction of sp³-hybridized carbons (Fsp3) is 0.357. The highest BCUT2D eigenvalue weighted by atomic mass is 32.2. The number of benzene rings is 1. The largest absolute Gasteiger partial charge is 0.480 e. The third-order valence-corrected chi connectivity index (χ3v) is 4.83. The number of rotatable bonds is 4. The van der Waals surface area contributed by atoms with Crippen LogP contribution in [0.4, 0.5) is 10.3 Å². The molecule has 0 saturated heterocycles. The van der Waals surface area contributed by atoms with E-state index in [-0.39, 0.29) is 16.2 Å². The summed E-state index contributed by atoms with van der Waals surface area (Å²) >= 11 is 0.940. The predicted octanol–water partition coefficient (Wildman–Crippen LogP) is 1.55. The number of hydrogen-bond donors (Lipinski definition) is 2. The van der Waals surface area contributed by atoms with E-state index in [0.717, 1.165) is 35.1 Å². The van der Waals surface area contributed by atoms with Crippen molar-refractivity contribution in [1.82, 2.24) is 10.2 Å². The van der Waals surface area contributed by atoms with Gasteiger partial charge in [0, 0.05) is 0 Å². The second kappa shape index (κ2) is 6.36. The van der Waals surface area contributed by atoms with Crippen LogP contribution in [0.25, 0.3) is 0 Å². The van der Waals surface area contributed by atoms with E-state index in [2.05, 4.69) is 26.3 Å². The van der Waals surface area contributed by atoms with Crippen molar-refractivity contribution >= 4 is 37.5 Å². The van der Waals surface area contributed by atoms with Crippen molar-refractivity contribution in [3.8, 4) is 5.75 Å². The molecule has 1 aliphatic rings. The van der Waals surface area contributed by atoms with E-state index in [1.807, 2.05) is 19.1 Å². The summed E-state index contributed by atoms with van der Waals surface area (Å²) in [7, 11) is -3.43. The van der Waals surface area contributed by atoms with Crippen LogP contribution in [0.5, 0.6) is 5.75 Å². The zero-order chi connectivity index (χ0) is 17.3. The Labute approximate surface area is 143 Å². The summed E-state index contributed by atoms with van der Waals surface area (Å²) in [5, 5.41) is 10.3. The molecule has 0 saturated carbocycles. The van der Waals surface area contributed by atoms with E-state index < -0.39 is 16.1 Å². The SMILES string of the molecule is Cc1ccc2c(c1)CCC(C(=O)Nc1nnc(NS(C)(=O)=O)s1)O2. The Morgan fingerprint density at radius 1 is 1.33 bits per heavy atom. The molecule has 1 unspecified atom stereocenters. The molecule has 2 heterocycles. The molecule has 0 aliphatic carbocycles. The van der Waals surface area contributed by atoms with Gasteiger partial charge in [0.05, 0.1) is 6.26 Å². The molecule has 1 atom stereocenters. The molecule has 10 heteroatoms. The number of fused-ring (bicyclic) bond motifs is 1. The van der Waals surface area contributed by atoms with Crippen LogP contribution in [0.3, 0.4) is 0 Å². The number of hydrogen-bond acceptors (Lipinski definition) is 7. The normalized spacial score (nSPS) is 16.8. The third kappa shape index (κ3) is 4.01. The van der Waals surface area contributed by atoms with Gasteiger partial charge in [0.25, 0.3) is 5.91 Å². The Kier molecular flexibility index (Phi) is 4.41. The lowest BCUT2D eigenvalue weighted by atomic mass is 10.00. The van der Waals surface area contributed by atoms with Crippen LogP contribution < -0.4 is 14.8 Å². The summed E-state index contributed by atoms with van der Waals surface area (Å²) in [6.45, 7) is 2.01. The number of anilines is 2. The zero-order valence-corrected chi connectivity index (χ0v) is 14.7. The first-order valence-corrected chi connectivity index (χ1v) is 9.89. The summed E-state index contributed by atoms with van der Waals surface area (Å²) < 4.78 is 30.2. The Bertz CT molecular complexity index is 879. The number of ether oxygens (including phenoxy) is 1. The number of carbonyl (C=O) groups is 1. The van der Waals surface area contributed by atoms with E-state index in [9.17, 15) is 13.2 Å². The number of aryl methyl sites for hydroxylation is 2. The molecule has 128 valence electrons. The fourth-order valence-electron chi connectivity index (χ4n) is 2.36. The molecule has 1 aromatic heterocycles. The first-order valence-electron chi connectivity index (χ1n) is 7.18. The van der Waals surface area contributed by atoms with Crippen LogP contribution >= 0.6 is 11.3 Å². The summed E-state index contributed by atoms with van der Waals surface area (Å²) in [5.74, 6) is 0.381. The first-order chi connectivity index (χ1) is 11.3. The number of sulfonamides is 1. The minimum Gasteiger partial charge on any atom is -0.480 e. The monoisotopic (exact) mass is 368 g/mol. The van der Waals surface area contributed by atoms with Gasteiger partial charge in [0.15, 0.2) is 6.10 Å². The van der Waals surface area contributed by atoms with Gasteiger partial charge >= 0.3 is 0 Å². The van der Waals surface area contributed by atoms with Gasteiger partial charge in [-0.1, -0.05) is 29.0 Å². The number of carbonyl (C=O) groups excluding carboxylic acids is 1. The van der Waals surface area contributed by atoms with Crippen molar-refractivity contribution in [2.24, 2.45) is 0 Å². The van der Waals surface area contributed by atoms with Crippen molar-refractivity contribution in [3.05, 3.63) is 29.3 Å². The summed E-state index contributed by atoms with van der Waals surface area (Å²) in [6.07, 6.45) is 1.72. The number of amides is 1. The molecule has 0 bridgehead atoms. The van der Waals surface area contributed by atoms with Gasteiger partial charge in [-0.15, -0.1) is 10.2 Å². The van der Waals surface area contributed by atoms with Gasteiger partial charge in [0.2, 0.25) is 20.3 Å². The van der Waals surface area contributed by atoms with Gasteiger partial charge in [-0.2, -0.15) is 0 Å². The maximum atomic E-state index is 12.3. The second-order valence-corrected chi connectivity index (χ2v) is 8.26. The third-order valence-electron chi connectivity index (χ3n) is 3.38. The lowest BCUT2D eigenvalue weighted by Crippen LogP contribution is -2.35. The van der Waals surface area contributed by atoms with Crippen LogP contribution in [-0.4, -0.2) is 36.9 Å². The average Bonchev–Trinajstić information content (AvgIpc) is 2.91. The molecule has 0 radical (unpaired) electrons. The fourth-order valence-corrected chi connectivity index (χ4v) is 3.84. The molecule has 24 heavy (non-hydrogen) atoms. The van der Waals surface area contributed by atoms with E-state index in [1.54, 1.807) is 0 Å². The molecular formula is C14H16N4O4S2. The lowest BCUT2D eigenvalue weighted by Gasteiger charge is -2.25. The average molecular weight is 368 g/mol. The summed E-state index contributed by atoms with van der Waals surface area (Å²) in [4.78, 5) is 12.3. The molecule has 0 spiro atoms. The van der Waals surface area contributed by atoms with Gasteiger partial charge in [-0.25, -0.2) is 8.42 Å². The van der Waals surface area contributed by atoms with Crippen LogP contribution in [0, 0.1) is 6.92 Å². The minimum atomic E-state index is -3.43. The van der Waals surface area contributed by atoms with E-state index >= 15 is 0 Å². The Morgan fingerprint density at radius 2 is 2.08 bits per heavy atom. The summed E-state index contributed by atoms with van der Waals surface area (Å²) in [6, 6.07) is 5.85. The second-order valence-electron chi connectivity index (χ2n) is 5.53. The van der Waals surface area contributed by atoms with E-state index in [0.29, 0.717) is 12.2 Å². The van der Waals surface area contributed by atoms with Gasteiger partial charge in [-0.3, -0.25) is 14.8 Å². The van der Waals surface area contributed by atoms with Crippen molar-refractivity contribution in [1.29, 1.82) is 0 Å². The maximum Gasteiger partial charge on any atom is 0.267 e. The lowest BCUT2D eigenvalue weighted by molar-refractivity contribution is -0.123. The molecule has 3 rings (SSSR count). The number of aromatic nitrogens is 2. The van der Waals surface area contributed by atoms with Gasteiger partial charge in [0.1, 0.15) is 5.75 Å².